The van der Waals surface area contributed by atoms with Crippen LogP contribution in [0.5, 0.6) is 0 Å². The number of hydrogen-bond donors (Lipinski definition) is 2. The van der Waals surface area contributed by atoms with E-state index in [0.717, 1.165) is 0 Å². The summed E-state index contributed by atoms with van der Waals surface area (Å²) < 4.78 is 0. The predicted octanol–water partition coefficient (Wildman–Crippen LogP) is -0.102. The number of hydrogen-bond acceptors (Lipinski definition) is 3. The van der Waals surface area contributed by atoms with Crippen LogP contribution in [-0.2, 0) is 4.79 Å². The summed E-state index contributed by atoms with van der Waals surface area (Å²) in [4.78, 5) is 12.8. The molecule has 0 aliphatic carbocycles. The van der Waals surface area contributed by atoms with E-state index in [0.29, 0.717) is 13.0 Å². The third kappa shape index (κ3) is 1.87. The summed E-state index contributed by atoms with van der Waals surface area (Å²) in [7, 11) is 0. The van der Waals surface area contributed by atoms with Gasteiger partial charge >= 0.3 is 0 Å². The molecular weight excluding hydrogens is 162 g/mol. The lowest BCUT2D eigenvalue weighted by Gasteiger charge is -2.22. The number of aliphatic hydroxyl groups excluding tert-OH is 1. The van der Waals surface area contributed by atoms with Gasteiger partial charge in [0.05, 0.1) is 12.6 Å². The number of thiol groups is 1. The van der Waals surface area contributed by atoms with Crippen molar-refractivity contribution < 1.29 is 9.90 Å². The summed E-state index contributed by atoms with van der Waals surface area (Å²) in [6.45, 7) is 2.54. The molecule has 3 nitrogen and oxygen atoms in total. The number of carbonyl (C=O) groups is 1. The molecule has 2 atom stereocenters. The topological polar surface area (TPSA) is 40.5 Å². The zero-order valence-corrected chi connectivity index (χ0v) is 7.42. The van der Waals surface area contributed by atoms with Gasteiger partial charge < -0.3 is 10.0 Å². The Morgan fingerprint density at radius 2 is 2.55 bits per heavy atom. The Kier molecular flexibility index (Phi) is 2.78. The molecule has 1 heterocycles. The zero-order valence-electron chi connectivity index (χ0n) is 6.53. The van der Waals surface area contributed by atoms with Crippen LogP contribution in [0.3, 0.4) is 0 Å². The van der Waals surface area contributed by atoms with Crippen LogP contribution in [0.4, 0.5) is 0 Å². The standard InChI is InChI=1S/C7H13NO2S/c1-5(4-9)8-3-6(11)2-7(8)10/h5-6,9,11H,2-4H2,1H3. The molecule has 0 aromatic carbocycles. The summed E-state index contributed by atoms with van der Waals surface area (Å²) >= 11 is 4.20. The van der Waals surface area contributed by atoms with E-state index < -0.39 is 0 Å². The molecule has 0 aromatic rings. The van der Waals surface area contributed by atoms with Crippen molar-refractivity contribution in [2.24, 2.45) is 0 Å². The van der Waals surface area contributed by atoms with Crippen molar-refractivity contribution in [3.8, 4) is 0 Å². The van der Waals surface area contributed by atoms with Crippen molar-refractivity contribution in [1.82, 2.24) is 4.90 Å². The van der Waals surface area contributed by atoms with Crippen LogP contribution in [0.1, 0.15) is 13.3 Å². The van der Waals surface area contributed by atoms with Gasteiger partial charge in [-0.3, -0.25) is 4.79 Å². The van der Waals surface area contributed by atoms with Gasteiger partial charge in [0.25, 0.3) is 0 Å². The molecule has 1 amide bonds. The van der Waals surface area contributed by atoms with Gasteiger partial charge in [-0.1, -0.05) is 0 Å². The summed E-state index contributed by atoms with van der Waals surface area (Å²) in [5, 5.41) is 8.93. The third-order valence-electron chi connectivity index (χ3n) is 1.93. The third-order valence-corrected chi connectivity index (χ3v) is 2.28. The lowest BCUT2D eigenvalue weighted by atomic mass is 10.3. The first-order valence-electron chi connectivity index (χ1n) is 3.73. The van der Waals surface area contributed by atoms with Crippen molar-refractivity contribution in [3.63, 3.8) is 0 Å². The summed E-state index contributed by atoms with van der Waals surface area (Å²) in [6, 6.07) is -0.0559. The molecule has 0 bridgehead atoms. The van der Waals surface area contributed by atoms with E-state index in [1.54, 1.807) is 4.90 Å². The van der Waals surface area contributed by atoms with E-state index in [2.05, 4.69) is 12.6 Å². The maximum Gasteiger partial charge on any atom is 0.224 e. The summed E-state index contributed by atoms with van der Waals surface area (Å²) in [5.74, 6) is 0.103. The molecule has 1 fully saturated rings. The van der Waals surface area contributed by atoms with E-state index in [1.807, 2.05) is 6.92 Å². The maximum atomic E-state index is 11.2. The van der Waals surface area contributed by atoms with Crippen LogP contribution in [0.2, 0.25) is 0 Å². The lowest BCUT2D eigenvalue weighted by Crippen LogP contribution is -2.36. The minimum Gasteiger partial charge on any atom is -0.394 e. The molecule has 1 saturated heterocycles. The van der Waals surface area contributed by atoms with Crippen molar-refractivity contribution in [2.45, 2.75) is 24.6 Å². The first-order valence-corrected chi connectivity index (χ1v) is 4.25. The first kappa shape index (κ1) is 8.87. The molecule has 0 saturated carbocycles. The van der Waals surface area contributed by atoms with Gasteiger partial charge in [0.1, 0.15) is 0 Å². The Morgan fingerprint density at radius 1 is 1.91 bits per heavy atom. The fourth-order valence-corrected chi connectivity index (χ4v) is 1.57. The van der Waals surface area contributed by atoms with Gasteiger partial charge in [-0.05, 0) is 6.92 Å². The van der Waals surface area contributed by atoms with Crippen molar-refractivity contribution in [1.29, 1.82) is 0 Å². The number of rotatable bonds is 2. The molecule has 2 unspecified atom stereocenters. The Bertz CT molecular complexity index is 163. The highest BCUT2D eigenvalue weighted by atomic mass is 32.1. The average Bonchev–Trinajstić information content (AvgIpc) is 2.28. The number of amides is 1. The first-order chi connectivity index (χ1) is 5.15. The van der Waals surface area contributed by atoms with Gasteiger partial charge in [-0.2, -0.15) is 12.6 Å². The van der Waals surface area contributed by atoms with Crippen molar-refractivity contribution in [3.05, 3.63) is 0 Å². The molecule has 64 valence electrons. The fourth-order valence-electron chi connectivity index (χ4n) is 1.24. The molecule has 0 radical (unpaired) electrons. The largest absolute Gasteiger partial charge is 0.394 e. The second kappa shape index (κ2) is 3.45. The second-order valence-electron chi connectivity index (χ2n) is 2.94. The van der Waals surface area contributed by atoms with E-state index in [9.17, 15) is 4.79 Å². The quantitative estimate of drug-likeness (QED) is 0.575. The minimum absolute atomic E-state index is 0.0340. The Morgan fingerprint density at radius 3 is 2.91 bits per heavy atom. The van der Waals surface area contributed by atoms with Gasteiger partial charge in [-0.25, -0.2) is 0 Å². The fraction of sp³-hybridized carbons (Fsp3) is 0.857. The highest BCUT2D eigenvalue weighted by molar-refractivity contribution is 7.81. The second-order valence-corrected chi connectivity index (χ2v) is 3.67. The molecule has 1 rings (SSSR count). The molecule has 0 aromatic heterocycles. The van der Waals surface area contributed by atoms with Crippen molar-refractivity contribution >= 4 is 18.5 Å². The van der Waals surface area contributed by atoms with Crippen LogP contribution < -0.4 is 0 Å². The smallest absolute Gasteiger partial charge is 0.224 e. The zero-order chi connectivity index (χ0) is 8.43. The monoisotopic (exact) mass is 175 g/mol. The average molecular weight is 175 g/mol. The normalized spacial score (nSPS) is 27.7. The van der Waals surface area contributed by atoms with Crippen molar-refractivity contribution in [2.75, 3.05) is 13.2 Å². The number of aliphatic hydroxyl groups is 1. The SMILES string of the molecule is CC(CO)N1CC(S)CC1=O. The highest BCUT2D eigenvalue weighted by Gasteiger charge is 2.29. The Labute approximate surface area is 71.8 Å². The van der Waals surface area contributed by atoms with Crippen LogP contribution in [0.15, 0.2) is 0 Å². The van der Waals surface area contributed by atoms with Gasteiger partial charge in [0.2, 0.25) is 5.91 Å². The summed E-state index contributed by atoms with van der Waals surface area (Å²) in [6.07, 6.45) is 0.507. The maximum absolute atomic E-state index is 11.2. The van der Waals surface area contributed by atoms with Gasteiger partial charge in [0, 0.05) is 18.2 Å². The van der Waals surface area contributed by atoms with E-state index in [1.165, 1.54) is 0 Å². The summed E-state index contributed by atoms with van der Waals surface area (Å²) in [5.41, 5.74) is 0. The number of carbonyl (C=O) groups excluding carboxylic acids is 1. The molecule has 11 heavy (non-hydrogen) atoms. The number of nitrogens with zero attached hydrogens (tertiary/aromatic N) is 1. The molecular formula is C7H13NO2S. The van der Waals surface area contributed by atoms with Crippen LogP contribution in [0.25, 0.3) is 0 Å². The Hall–Kier alpha value is -0.220. The molecule has 0 spiro atoms. The predicted molar refractivity (Wildman–Crippen MR) is 45.7 cm³/mol. The van der Waals surface area contributed by atoms with E-state index >= 15 is 0 Å². The van der Waals surface area contributed by atoms with Crippen LogP contribution in [-0.4, -0.2) is 40.4 Å². The van der Waals surface area contributed by atoms with Gasteiger partial charge in [0.15, 0.2) is 0 Å². The molecule has 1 aliphatic rings. The highest BCUT2D eigenvalue weighted by Crippen LogP contribution is 2.17. The Balaban J connectivity index is 2.52. The van der Waals surface area contributed by atoms with E-state index in [4.69, 9.17) is 5.11 Å². The van der Waals surface area contributed by atoms with Crippen LogP contribution >= 0.6 is 12.6 Å². The van der Waals surface area contributed by atoms with Gasteiger partial charge in [-0.15, -0.1) is 0 Å². The number of likely N-dealkylation sites (tertiary alicyclic amines) is 1. The molecule has 4 heteroatoms. The van der Waals surface area contributed by atoms with E-state index in [-0.39, 0.29) is 23.8 Å². The lowest BCUT2D eigenvalue weighted by molar-refractivity contribution is -0.130. The molecule has 1 aliphatic heterocycles. The minimum atomic E-state index is -0.0559. The molecule has 1 N–H and O–H groups in total. The van der Waals surface area contributed by atoms with Crippen LogP contribution in [0, 0.1) is 0 Å².